The molecule has 0 saturated heterocycles. The Balaban J connectivity index is 2.25. The molecule has 0 amide bonds. The van der Waals surface area contributed by atoms with Gasteiger partial charge in [-0.1, -0.05) is 19.1 Å². The van der Waals surface area contributed by atoms with E-state index in [1.165, 1.54) is 17.7 Å². The highest BCUT2D eigenvalue weighted by molar-refractivity contribution is 5.63. The molecular weight excluding hydrogens is 213 g/mol. The number of nitrogens with one attached hydrogen (secondary N) is 1. The zero-order valence-electron chi connectivity index (χ0n) is 10.1. The van der Waals surface area contributed by atoms with Crippen molar-refractivity contribution in [2.75, 3.05) is 5.32 Å². The maximum absolute atomic E-state index is 13.0. The Morgan fingerprint density at radius 2 is 1.94 bits per heavy atom. The normalized spacial score (nSPS) is 10.3. The van der Waals surface area contributed by atoms with E-state index in [1.807, 2.05) is 19.1 Å². The van der Waals surface area contributed by atoms with E-state index in [4.69, 9.17) is 0 Å². The van der Waals surface area contributed by atoms with E-state index in [-0.39, 0.29) is 5.82 Å². The van der Waals surface area contributed by atoms with Gasteiger partial charge in [0.1, 0.15) is 5.82 Å². The summed E-state index contributed by atoms with van der Waals surface area (Å²) < 4.78 is 13.0. The van der Waals surface area contributed by atoms with E-state index >= 15 is 0 Å². The molecule has 88 valence electrons. The minimum atomic E-state index is -0.199. The number of rotatable bonds is 3. The fraction of sp³-hybridized carbons (Fsp3) is 0.200. The van der Waals surface area contributed by atoms with Gasteiger partial charge in [0.05, 0.1) is 0 Å². The van der Waals surface area contributed by atoms with Crippen LogP contribution < -0.4 is 5.32 Å². The molecule has 0 saturated carbocycles. The molecule has 2 rings (SSSR count). The number of benzene rings is 2. The van der Waals surface area contributed by atoms with E-state index in [0.717, 1.165) is 23.4 Å². The Morgan fingerprint density at radius 3 is 2.65 bits per heavy atom. The number of aryl methyl sites for hydroxylation is 2. The summed E-state index contributed by atoms with van der Waals surface area (Å²) in [7, 11) is 0. The molecule has 0 aliphatic rings. The Kier molecular flexibility index (Phi) is 3.43. The molecule has 0 bridgehead atoms. The molecule has 0 aromatic heterocycles. The van der Waals surface area contributed by atoms with Gasteiger partial charge in [-0.2, -0.15) is 0 Å². The van der Waals surface area contributed by atoms with Crippen molar-refractivity contribution < 1.29 is 4.39 Å². The lowest BCUT2D eigenvalue weighted by atomic mass is 10.1. The average molecular weight is 229 g/mol. The van der Waals surface area contributed by atoms with Crippen molar-refractivity contribution in [3.63, 3.8) is 0 Å². The molecule has 0 aliphatic carbocycles. The fourth-order valence-corrected chi connectivity index (χ4v) is 1.79. The maximum Gasteiger partial charge on any atom is 0.123 e. The molecule has 0 aliphatic heterocycles. The van der Waals surface area contributed by atoms with Gasteiger partial charge >= 0.3 is 0 Å². The van der Waals surface area contributed by atoms with E-state index in [1.54, 1.807) is 6.07 Å². The molecule has 0 fully saturated rings. The van der Waals surface area contributed by atoms with Crippen LogP contribution in [0.1, 0.15) is 18.1 Å². The molecule has 1 nitrogen and oxygen atoms in total. The zero-order valence-corrected chi connectivity index (χ0v) is 10.1. The Bertz CT molecular complexity index is 520. The summed E-state index contributed by atoms with van der Waals surface area (Å²) in [6.45, 7) is 4.03. The van der Waals surface area contributed by atoms with Gasteiger partial charge in [-0.25, -0.2) is 4.39 Å². The average Bonchev–Trinajstić information content (AvgIpc) is 2.33. The molecule has 0 unspecified atom stereocenters. The largest absolute Gasteiger partial charge is 0.355 e. The summed E-state index contributed by atoms with van der Waals surface area (Å²) in [6, 6.07) is 13.0. The first kappa shape index (κ1) is 11.6. The molecule has 0 radical (unpaired) electrons. The third kappa shape index (κ3) is 2.84. The second-order valence-electron chi connectivity index (χ2n) is 4.14. The highest BCUT2D eigenvalue weighted by Gasteiger charge is 2.01. The molecule has 1 N–H and O–H groups in total. The zero-order chi connectivity index (χ0) is 12.3. The smallest absolute Gasteiger partial charge is 0.123 e. The number of hydrogen-bond acceptors (Lipinski definition) is 1. The second-order valence-corrected chi connectivity index (χ2v) is 4.14. The quantitative estimate of drug-likeness (QED) is 0.820. The SMILES string of the molecule is CCc1cccc(Nc2ccc(F)cc2C)c1. The van der Waals surface area contributed by atoms with Gasteiger partial charge in [-0.05, 0) is 54.8 Å². The van der Waals surface area contributed by atoms with Crippen LogP contribution in [0.2, 0.25) is 0 Å². The van der Waals surface area contributed by atoms with Crippen LogP contribution in [0.4, 0.5) is 15.8 Å². The molecule has 2 heteroatoms. The first-order chi connectivity index (χ1) is 8.19. The highest BCUT2D eigenvalue weighted by Crippen LogP contribution is 2.22. The summed E-state index contributed by atoms with van der Waals surface area (Å²) >= 11 is 0. The van der Waals surface area contributed by atoms with Crippen LogP contribution in [-0.4, -0.2) is 0 Å². The second kappa shape index (κ2) is 5.00. The van der Waals surface area contributed by atoms with Crippen molar-refractivity contribution in [3.8, 4) is 0 Å². The van der Waals surface area contributed by atoms with Crippen molar-refractivity contribution in [1.82, 2.24) is 0 Å². The number of hydrogen-bond donors (Lipinski definition) is 1. The van der Waals surface area contributed by atoms with Crippen LogP contribution in [0.25, 0.3) is 0 Å². The van der Waals surface area contributed by atoms with E-state index in [0.29, 0.717) is 0 Å². The van der Waals surface area contributed by atoms with Gasteiger partial charge in [0.25, 0.3) is 0 Å². The molecule has 0 atom stereocenters. The van der Waals surface area contributed by atoms with Gasteiger partial charge < -0.3 is 5.32 Å². The third-order valence-corrected chi connectivity index (χ3v) is 2.80. The van der Waals surface area contributed by atoms with Gasteiger partial charge in [0, 0.05) is 11.4 Å². The maximum atomic E-state index is 13.0. The van der Waals surface area contributed by atoms with Crippen LogP contribution in [0.15, 0.2) is 42.5 Å². The topological polar surface area (TPSA) is 12.0 Å². The van der Waals surface area contributed by atoms with Crippen LogP contribution in [0, 0.1) is 12.7 Å². The predicted octanol–water partition coefficient (Wildman–Crippen LogP) is 4.44. The van der Waals surface area contributed by atoms with Gasteiger partial charge in [0.15, 0.2) is 0 Å². The van der Waals surface area contributed by atoms with Crippen molar-refractivity contribution in [2.45, 2.75) is 20.3 Å². The van der Waals surface area contributed by atoms with Crippen LogP contribution in [-0.2, 0) is 6.42 Å². The third-order valence-electron chi connectivity index (χ3n) is 2.80. The van der Waals surface area contributed by atoms with Gasteiger partial charge in [-0.3, -0.25) is 0 Å². The first-order valence-corrected chi connectivity index (χ1v) is 5.81. The highest BCUT2D eigenvalue weighted by atomic mass is 19.1. The molecular formula is C15H16FN. The summed E-state index contributed by atoms with van der Waals surface area (Å²) in [5, 5.41) is 3.31. The standard InChI is InChI=1S/C15H16FN/c1-3-12-5-4-6-14(10-12)17-15-8-7-13(16)9-11(15)2/h4-10,17H,3H2,1-2H3. The van der Waals surface area contributed by atoms with Crippen LogP contribution in [0.3, 0.4) is 0 Å². The van der Waals surface area contributed by atoms with Gasteiger partial charge in [0.2, 0.25) is 0 Å². The van der Waals surface area contributed by atoms with Crippen LogP contribution >= 0.6 is 0 Å². The summed E-state index contributed by atoms with van der Waals surface area (Å²) in [5.41, 5.74) is 4.18. The Hall–Kier alpha value is -1.83. The molecule has 0 spiro atoms. The molecule has 0 heterocycles. The minimum Gasteiger partial charge on any atom is -0.355 e. The molecule has 2 aromatic rings. The first-order valence-electron chi connectivity index (χ1n) is 5.81. The minimum absolute atomic E-state index is 0.199. The lowest BCUT2D eigenvalue weighted by Crippen LogP contribution is -1.94. The van der Waals surface area contributed by atoms with Crippen molar-refractivity contribution in [1.29, 1.82) is 0 Å². The summed E-state index contributed by atoms with van der Waals surface area (Å²) in [5.74, 6) is -0.199. The number of anilines is 2. The Labute approximate surface area is 101 Å². The fourth-order valence-electron chi connectivity index (χ4n) is 1.79. The monoisotopic (exact) mass is 229 g/mol. The van der Waals surface area contributed by atoms with Crippen molar-refractivity contribution >= 4 is 11.4 Å². The number of halogens is 1. The van der Waals surface area contributed by atoms with E-state index in [2.05, 4.69) is 24.4 Å². The summed E-state index contributed by atoms with van der Waals surface area (Å²) in [4.78, 5) is 0. The Morgan fingerprint density at radius 1 is 1.12 bits per heavy atom. The molecule has 17 heavy (non-hydrogen) atoms. The lowest BCUT2D eigenvalue weighted by Gasteiger charge is -2.10. The van der Waals surface area contributed by atoms with Crippen molar-refractivity contribution in [3.05, 3.63) is 59.4 Å². The summed E-state index contributed by atoms with van der Waals surface area (Å²) in [6.07, 6.45) is 1.01. The van der Waals surface area contributed by atoms with E-state index < -0.39 is 0 Å². The lowest BCUT2D eigenvalue weighted by molar-refractivity contribution is 0.627. The van der Waals surface area contributed by atoms with Gasteiger partial charge in [-0.15, -0.1) is 0 Å². The van der Waals surface area contributed by atoms with Crippen LogP contribution in [0.5, 0.6) is 0 Å². The predicted molar refractivity (Wildman–Crippen MR) is 70.2 cm³/mol. The van der Waals surface area contributed by atoms with Crippen molar-refractivity contribution in [2.24, 2.45) is 0 Å². The molecule has 2 aromatic carbocycles. The van der Waals surface area contributed by atoms with E-state index in [9.17, 15) is 4.39 Å².